The molecule has 0 radical (unpaired) electrons. The summed E-state index contributed by atoms with van der Waals surface area (Å²) in [6.45, 7) is 8.13. The summed E-state index contributed by atoms with van der Waals surface area (Å²) >= 11 is 0. The third-order valence-corrected chi connectivity index (χ3v) is 5.70. The van der Waals surface area contributed by atoms with Crippen molar-refractivity contribution in [2.75, 3.05) is 25.6 Å². The van der Waals surface area contributed by atoms with Gasteiger partial charge in [0.2, 0.25) is 0 Å². The van der Waals surface area contributed by atoms with Crippen molar-refractivity contribution in [1.29, 1.82) is 0 Å². The van der Waals surface area contributed by atoms with Crippen LogP contribution in [0.3, 0.4) is 0 Å². The van der Waals surface area contributed by atoms with Gasteiger partial charge in [-0.1, -0.05) is 26.8 Å². The molecule has 1 saturated carbocycles. The molecule has 2 N–H and O–H groups in total. The minimum Gasteiger partial charge on any atom is -0.497 e. The van der Waals surface area contributed by atoms with E-state index in [2.05, 4.69) is 50.9 Å². The van der Waals surface area contributed by atoms with Gasteiger partial charge in [-0.3, -0.25) is 0 Å². The van der Waals surface area contributed by atoms with E-state index in [9.17, 15) is 0 Å². The van der Waals surface area contributed by atoms with E-state index in [0.29, 0.717) is 17.9 Å². The lowest BCUT2D eigenvalue weighted by Gasteiger charge is -2.48. The van der Waals surface area contributed by atoms with Gasteiger partial charge in [0, 0.05) is 31.4 Å². The maximum atomic E-state index is 6.27. The van der Waals surface area contributed by atoms with Crippen LogP contribution in [0.15, 0.2) is 24.3 Å². The second kappa shape index (κ2) is 6.27. The predicted octanol–water partition coefficient (Wildman–Crippen LogP) is 3.53. The molecule has 3 nitrogen and oxygen atoms in total. The van der Waals surface area contributed by atoms with Gasteiger partial charge in [0.25, 0.3) is 0 Å². The van der Waals surface area contributed by atoms with Crippen molar-refractivity contribution >= 4 is 5.69 Å². The zero-order valence-electron chi connectivity index (χ0n) is 14.1. The quantitative estimate of drug-likeness (QED) is 0.922. The molecule has 3 atom stereocenters. The number of benzene rings is 1. The van der Waals surface area contributed by atoms with Crippen LogP contribution < -0.4 is 15.4 Å². The number of hydrogen-bond donors (Lipinski definition) is 1. The van der Waals surface area contributed by atoms with Crippen molar-refractivity contribution in [3.05, 3.63) is 24.3 Å². The normalized spacial score (nSPS) is 28.2. The largest absolute Gasteiger partial charge is 0.497 e. The Morgan fingerprint density at radius 3 is 2.71 bits per heavy atom. The molecule has 1 aliphatic carbocycles. The maximum absolute atomic E-state index is 6.27. The minimum absolute atomic E-state index is 0.283. The van der Waals surface area contributed by atoms with E-state index >= 15 is 0 Å². The van der Waals surface area contributed by atoms with Crippen LogP contribution in [-0.2, 0) is 0 Å². The second-order valence-electron chi connectivity index (χ2n) is 7.13. The highest BCUT2D eigenvalue weighted by molar-refractivity contribution is 5.50. The molecule has 1 fully saturated rings. The van der Waals surface area contributed by atoms with Gasteiger partial charge in [0.05, 0.1) is 7.11 Å². The number of rotatable bonds is 4. The summed E-state index contributed by atoms with van der Waals surface area (Å²) in [6, 6.07) is 8.63. The Balaban J connectivity index is 2.09. The van der Waals surface area contributed by atoms with Crippen LogP contribution in [0.4, 0.5) is 5.69 Å². The van der Waals surface area contributed by atoms with Crippen molar-refractivity contribution in [2.45, 2.75) is 39.7 Å². The number of nitrogens with zero attached hydrogens (tertiary/aromatic N) is 1. The molecular formula is C18H30N2O. The fourth-order valence-corrected chi connectivity index (χ4v) is 3.55. The monoisotopic (exact) mass is 290 g/mol. The van der Waals surface area contributed by atoms with Crippen molar-refractivity contribution < 1.29 is 4.74 Å². The predicted molar refractivity (Wildman–Crippen MR) is 89.9 cm³/mol. The van der Waals surface area contributed by atoms with Gasteiger partial charge in [0.1, 0.15) is 5.75 Å². The van der Waals surface area contributed by atoms with Gasteiger partial charge >= 0.3 is 0 Å². The molecule has 1 aromatic rings. The molecule has 3 heteroatoms. The molecule has 0 bridgehead atoms. The lowest BCUT2D eigenvalue weighted by atomic mass is 9.61. The number of anilines is 1. The van der Waals surface area contributed by atoms with Gasteiger partial charge in [-0.05, 0) is 42.2 Å². The van der Waals surface area contributed by atoms with E-state index in [4.69, 9.17) is 10.5 Å². The Labute approximate surface area is 129 Å². The molecule has 2 rings (SSSR count). The molecule has 1 aromatic carbocycles. The smallest absolute Gasteiger partial charge is 0.120 e. The van der Waals surface area contributed by atoms with Crippen molar-refractivity contribution in [1.82, 2.24) is 0 Å². The Morgan fingerprint density at radius 2 is 2.05 bits per heavy atom. The molecular weight excluding hydrogens is 260 g/mol. The first-order valence-corrected chi connectivity index (χ1v) is 7.97. The fraction of sp³-hybridized carbons (Fsp3) is 0.667. The molecule has 0 heterocycles. The topological polar surface area (TPSA) is 38.5 Å². The van der Waals surface area contributed by atoms with Gasteiger partial charge in [-0.25, -0.2) is 0 Å². The van der Waals surface area contributed by atoms with E-state index < -0.39 is 0 Å². The summed E-state index contributed by atoms with van der Waals surface area (Å²) in [5.74, 6) is 2.15. The first-order chi connectivity index (χ1) is 9.86. The minimum atomic E-state index is 0.283. The van der Waals surface area contributed by atoms with E-state index in [-0.39, 0.29) is 5.41 Å². The van der Waals surface area contributed by atoms with Crippen LogP contribution in [0.2, 0.25) is 0 Å². The van der Waals surface area contributed by atoms with Crippen molar-refractivity contribution in [3.63, 3.8) is 0 Å². The lowest BCUT2D eigenvalue weighted by Crippen LogP contribution is -2.49. The number of nitrogens with two attached hydrogens (primary N) is 1. The molecule has 0 spiro atoms. The Hall–Kier alpha value is -1.22. The summed E-state index contributed by atoms with van der Waals surface area (Å²) < 4.78 is 5.32. The summed E-state index contributed by atoms with van der Waals surface area (Å²) in [6.07, 6.45) is 2.36. The number of ether oxygens (including phenoxy) is 1. The highest BCUT2D eigenvalue weighted by atomic mass is 16.5. The Bertz CT molecular complexity index is 472. The third kappa shape index (κ3) is 3.34. The molecule has 0 aliphatic heterocycles. The van der Waals surface area contributed by atoms with Crippen molar-refractivity contribution in [3.8, 4) is 5.75 Å². The summed E-state index contributed by atoms with van der Waals surface area (Å²) in [5, 5.41) is 0. The average Bonchev–Trinajstić information content (AvgIpc) is 2.48. The van der Waals surface area contributed by atoms with Gasteiger partial charge in [0.15, 0.2) is 0 Å². The molecule has 0 aromatic heterocycles. The standard InChI is InChI=1S/C18H30N2O/c1-13-17(19)10-9-14(18(13,2)3)12-20(4)15-7-6-8-16(11-15)21-5/h6-8,11,13-14,17H,9-10,12,19H2,1-5H3. The fourth-order valence-electron chi connectivity index (χ4n) is 3.55. The molecule has 118 valence electrons. The van der Waals surface area contributed by atoms with Gasteiger partial charge in [-0.15, -0.1) is 0 Å². The summed E-state index contributed by atoms with van der Waals surface area (Å²) in [7, 11) is 3.89. The third-order valence-electron chi connectivity index (χ3n) is 5.70. The van der Waals surface area contributed by atoms with E-state index in [1.54, 1.807) is 7.11 Å². The first-order valence-electron chi connectivity index (χ1n) is 7.97. The van der Waals surface area contributed by atoms with Crippen LogP contribution in [0, 0.1) is 17.3 Å². The van der Waals surface area contributed by atoms with Crippen LogP contribution >= 0.6 is 0 Å². The molecule has 0 saturated heterocycles. The summed E-state index contributed by atoms with van der Waals surface area (Å²) in [5.41, 5.74) is 7.76. The van der Waals surface area contributed by atoms with Crippen LogP contribution in [0.5, 0.6) is 5.75 Å². The average molecular weight is 290 g/mol. The van der Waals surface area contributed by atoms with Crippen molar-refractivity contribution in [2.24, 2.45) is 23.0 Å². The molecule has 3 unspecified atom stereocenters. The molecule has 0 amide bonds. The summed E-state index contributed by atoms with van der Waals surface area (Å²) in [4.78, 5) is 2.35. The molecule has 21 heavy (non-hydrogen) atoms. The maximum Gasteiger partial charge on any atom is 0.120 e. The second-order valence-corrected chi connectivity index (χ2v) is 7.13. The van der Waals surface area contributed by atoms with E-state index in [1.165, 1.54) is 12.1 Å². The zero-order valence-corrected chi connectivity index (χ0v) is 14.1. The van der Waals surface area contributed by atoms with Crippen LogP contribution in [-0.4, -0.2) is 26.7 Å². The Kier molecular flexibility index (Phi) is 4.82. The van der Waals surface area contributed by atoms with Crippen LogP contribution in [0.25, 0.3) is 0 Å². The van der Waals surface area contributed by atoms with Gasteiger partial charge < -0.3 is 15.4 Å². The zero-order chi connectivity index (χ0) is 15.6. The number of methoxy groups -OCH3 is 1. The Morgan fingerprint density at radius 1 is 1.33 bits per heavy atom. The highest BCUT2D eigenvalue weighted by Gasteiger charge is 2.41. The highest BCUT2D eigenvalue weighted by Crippen LogP contribution is 2.44. The SMILES string of the molecule is COc1cccc(N(C)CC2CCC(N)C(C)C2(C)C)c1. The van der Waals surface area contributed by atoms with Crippen LogP contribution in [0.1, 0.15) is 33.6 Å². The van der Waals surface area contributed by atoms with E-state index in [0.717, 1.165) is 18.7 Å². The number of hydrogen-bond acceptors (Lipinski definition) is 3. The first kappa shape index (κ1) is 16.2. The van der Waals surface area contributed by atoms with Gasteiger partial charge in [-0.2, -0.15) is 0 Å². The molecule has 1 aliphatic rings. The van der Waals surface area contributed by atoms with E-state index in [1.807, 2.05) is 6.07 Å². The lowest BCUT2D eigenvalue weighted by molar-refractivity contribution is 0.0588.